The van der Waals surface area contributed by atoms with Crippen molar-refractivity contribution in [2.24, 2.45) is 0 Å². The summed E-state index contributed by atoms with van der Waals surface area (Å²) in [5.41, 5.74) is 1.60. The second kappa shape index (κ2) is 6.73. The number of phenolic OH excluding ortho intramolecular Hbond substituents is 2. The number of benzene rings is 2. The van der Waals surface area contributed by atoms with Crippen LogP contribution in [0.1, 0.15) is 15.9 Å². The number of carbonyl (C=O) groups excluding carboxylic acids is 1. The summed E-state index contributed by atoms with van der Waals surface area (Å²) in [7, 11) is 0. The summed E-state index contributed by atoms with van der Waals surface area (Å²) in [6.07, 6.45) is 0.676. The first-order chi connectivity index (χ1) is 9.66. The van der Waals surface area contributed by atoms with Crippen LogP contribution in [0.25, 0.3) is 0 Å². The SMILES string of the molecule is O=C(CNCCc1ccc(O)c(O)c1)c1ccccc1. The number of nitrogens with one attached hydrogen (secondary N) is 1. The lowest BCUT2D eigenvalue weighted by Crippen LogP contribution is -2.25. The van der Waals surface area contributed by atoms with Gasteiger partial charge < -0.3 is 15.5 Å². The molecule has 0 atom stereocenters. The molecule has 0 saturated heterocycles. The second-order valence-electron chi connectivity index (χ2n) is 4.54. The minimum atomic E-state index is -0.124. The molecule has 0 radical (unpaired) electrons. The summed E-state index contributed by atoms with van der Waals surface area (Å²) < 4.78 is 0. The van der Waals surface area contributed by atoms with Gasteiger partial charge in [-0.3, -0.25) is 4.79 Å². The molecular formula is C16H17NO3. The van der Waals surface area contributed by atoms with E-state index in [2.05, 4.69) is 5.32 Å². The Hall–Kier alpha value is -2.33. The second-order valence-corrected chi connectivity index (χ2v) is 4.54. The van der Waals surface area contributed by atoms with Gasteiger partial charge in [-0.25, -0.2) is 0 Å². The molecule has 3 N–H and O–H groups in total. The molecule has 0 amide bonds. The van der Waals surface area contributed by atoms with E-state index in [1.165, 1.54) is 12.1 Å². The van der Waals surface area contributed by atoms with Crippen molar-refractivity contribution in [3.05, 3.63) is 59.7 Å². The molecule has 4 nitrogen and oxygen atoms in total. The van der Waals surface area contributed by atoms with Crippen molar-refractivity contribution in [2.75, 3.05) is 13.1 Å². The topological polar surface area (TPSA) is 69.6 Å². The number of carbonyl (C=O) groups is 1. The molecule has 0 heterocycles. The van der Waals surface area contributed by atoms with Crippen molar-refractivity contribution in [3.63, 3.8) is 0 Å². The molecule has 104 valence electrons. The molecule has 0 bridgehead atoms. The monoisotopic (exact) mass is 271 g/mol. The van der Waals surface area contributed by atoms with Crippen LogP contribution in [0.4, 0.5) is 0 Å². The first-order valence-corrected chi connectivity index (χ1v) is 6.46. The maximum atomic E-state index is 11.8. The first-order valence-electron chi connectivity index (χ1n) is 6.46. The third-order valence-electron chi connectivity index (χ3n) is 3.01. The van der Waals surface area contributed by atoms with Crippen LogP contribution in [0.2, 0.25) is 0 Å². The van der Waals surface area contributed by atoms with E-state index >= 15 is 0 Å². The molecule has 4 heteroatoms. The molecule has 0 saturated carbocycles. The minimum absolute atomic E-state index is 0.0548. The number of Topliss-reactive ketones (excluding diaryl/α,β-unsaturated/α-hetero) is 1. The molecular weight excluding hydrogens is 254 g/mol. The highest BCUT2D eigenvalue weighted by Crippen LogP contribution is 2.24. The van der Waals surface area contributed by atoms with E-state index < -0.39 is 0 Å². The van der Waals surface area contributed by atoms with Gasteiger partial charge in [0, 0.05) is 5.56 Å². The van der Waals surface area contributed by atoms with E-state index in [4.69, 9.17) is 0 Å². The number of ketones is 1. The Morgan fingerprint density at radius 1 is 1.00 bits per heavy atom. The summed E-state index contributed by atoms with van der Waals surface area (Å²) in [5.74, 6) is -0.192. The Bertz CT molecular complexity index is 582. The van der Waals surface area contributed by atoms with Gasteiger partial charge in [0.25, 0.3) is 0 Å². The van der Waals surface area contributed by atoms with Crippen LogP contribution in [0, 0.1) is 0 Å². The van der Waals surface area contributed by atoms with Gasteiger partial charge in [0.05, 0.1) is 6.54 Å². The van der Waals surface area contributed by atoms with Crippen LogP contribution in [-0.2, 0) is 6.42 Å². The number of aromatic hydroxyl groups is 2. The molecule has 0 unspecified atom stereocenters. The molecule has 2 rings (SSSR count). The zero-order valence-corrected chi connectivity index (χ0v) is 11.0. The van der Waals surface area contributed by atoms with Crippen LogP contribution in [0.15, 0.2) is 48.5 Å². The summed E-state index contributed by atoms with van der Waals surface area (Å²) in [6.45, 7) is 0.914. The van der Waals surface area contributed by atoms with Gasteiger partial charge in [-0.2, -0.15) is 0 Å². The number of phenols is 2. The Labute approximate surface area is 117 Å². The van der Waals surface area contributed by atoms with Crippen LogP contribution in [0.3, 0.4) is 0 Å². The van der Waals surface area contributed by atoms with Gasteiger partial charge in [0.15, 0.2) is 17.3 Å². The Morgan fingerprint density at radius 3 is 2.45 bits per heavy atom. The van der Waals surface area contributed by atoms with Gasteiger partial charge in [0.2, 0.25) is 0 Å². The van der Waals surface area contributed by atoms with Gasteiger partial charge >= 0.3 is 0 Å². The lowest BCUT2D eigenvalue weighted by atomic mass is 10.1. The molecule has 20 heavy (non-hydrogen) atoms. The molecule has 0 aliphatic rings. The van der Waals surface area contributed by atoms with E-state index in [0.717, 1.165) is 5.56 Å². The van der Waals surface area contributed by atoms with Crippen molar-refractivity contribution in [1.82, 2.24) is 5.32 Å². The van der Waals surface area contributed by atoms with Crippen molar-refractivity contribution >= 4 is 5.78 Å². The average molecular weight is 271 g/mol. The van der Waals surface area contributed by atoms with Crippen molar-refractivity contribution in [3.8, 4) is 11.5 Å². The van der Waals surface area contributed by atoms with Crippen LogP contribution >= 0.6 is 0 Å². The van der Waals surface area contributed by atoms with E-state index in [1.807, 2.05) is 18.2 Å². The van der Waals surface area contributed by atoms with Gasteiger partial charge in [-0.05, 0) is 30.7 Å². The van der Waals surface area contributed by atoms with E-state index in [0.29, 0.717) is 18.5 Å². The van der Waals surface area contributed by atoms with Crippen molar-refractivity contribution in [1.29, 1.82) is 0 Å². The minimum Gasteiger partial charge on any atom is -0.504 e. The normalized spacial score (nSPS) is 10.4. The van der Waals surface area contributed by atoms with E-state index in [1.54, 1.807) is 18.2 Å². The molecule has 0 aliphatic heterocycles. The Morgan fingerprint density at radius 2 is 1.75 bits per heavy atom. The predicted octanol–water partition coefficient (Wildman–Crippen LogP) is 2.11. The molecule has 0 aliphatic carbocycles. The number of hydrogen-bond donors (Lipinski definition) is 3. The zero-order valence-electron chi connectivity index (χ0n) is 11.0. The molecule has 0 aromatic heterocycles. The maximum absolute atomic E-state index is 11.8. The van der Waals surface area contributed by atoms with Gasteiger partial charge in [0.1, 0.15) is 0 Å². The highest BCUT2D eigenvalue weighted by Gasteiger charge is 2.04. The zero-order chi connectivity index (χ0) is 14.4. The Balaban J connectivity index is 1.76. The maximum Gasteiger partial charge on any atom is 0.176 e. The summed E-state index contributed by atoms with van der Waals surface area (Å²) in [4.78, 5) is 11.8. The lowest BCUT2D eigenvalue weighted by Gasteiger charge is -2.06. The highest BCUT2D eigenvalue weighted by molar-refractivity contribution is 5.97. The molecule has 2 aromatic carbocycles. The number of hydrogen-bond acceptors (Lipinski definition) is 4. The predicted molar refractivity (Wildman–Crippen MR) is 77.1 cm³/mol. The van der Waals surface area contributed by atoms with E-state index in [9.17, 15) is 15.0 Å². The Kier molecular flexibility index (Phi) is 4.74. The molecule has 0 spiro atoms. The highest BCUT2D eigenvalue weighted by atomic mass is 16.3. The summed E-state index contributed by atoms with van der Waals surface area (Å²) in [6, 6.07) is 13.9. The molecule has 2 aromatic rings. The lowest BCUT2D eigenvalue weighted by molar-refractivity contribution is 0.0991. The summed E-state index contributed by atoms with van der Waals surface area (Å²) >= 11 is 0. The van der Waals surface area contributed by atoms with Crippen molar-refractivity contribution < 1.29 is 15.0 Å². The van der Waals surface area contributed by atoms with Crippen LogP contribution in [-0.4, -0.2) is 29.1 Å². The van der Waals surface area contributed by atoms with Gasteiger partial charge in [-0.15, -0.1) is 0 Å². The number of rotatable bonds is 6. The third-order valence-corrected chi connectivity index (χ3v) is 3.01. The van der Waals surface area contributed by atoms with Crippen LogP contribution in [0.5, 0.6) is 11.5 Å². The smallest absolute Gasteiger partial charge is 0.176 e. The fourth-order valence-electron chi connectivity index (χ4n) is 1.89. The van der Waals surface area contributed by atoms with Crippen molar-refractivity contribution in [2.45, 2.75) is 6.42 Å². The third kappa shape index (κ3) is 3.83. The largest absolute Gasteiger partial charge is 0.504 e. The average Bonchev–Trinajstić information content (AvgIpc) is 2.48. The van der Waals surface area contributed by atoms with E-state index in [-0.39, 0.29) is 23.8 Å². The first kappa shape index (κ1) is 14.1. The standard InChI is InChI=1S/C16H17NO3/c18-14-7-6-12(10-15(14)19)8-9-17-11-16(20)13-4-2-1-3-5-13/h1-7,10,17-19H,8-9,11H2. The molecule has 0 fully saturated rings. The van der Waals surface area contributed by atoms with Gasteiger partial charge in [-0.1, -0.05) is 36.4 Å². The quantitative estimate of drug-likeness (QED) is 0.427. The fraction of sp³-hybridized carbons (Fsp3) is 0.188. The van der Waals surface area contributed by atoms with Crippen LogP contribution < -0.4 is 5.32 Å². The summed E-state index contributed by atoms with van der Waals surface area (Å²) in [5, 5.41) is 21.6. The fourth-order valence-corrected chi connectivity index (χ4v) is 1.89.